The van der Waals surface area contributed by atoms with Gasteiger partial charge < -0.3 is 15.0 Å². The number of fused-ring (bicyclic) bond motifs is 1. The third-order valence-corrected chi connectivity index (χ3v) is 5.52. The molecule has 3 rings (SSSR count). The third kappa shape index (κ3) is 2.85. The van der Waals surface area contributed by atoms with Gasteiger partial charge in [-0.3, -0.25) is 0 Å². The van der Waals surface area contributed by atoms with E-state index in [2.05, 4.69) is 24.1 Å². The summed E-state index contributed by atoms with van der Waals surface area (Å²) in [4.78, 5) is 8.71. The lowest BCUT2D eigenvalue weighted by atomic mass is 10.1. The number of ether oxygens (including phenoxy) is 1. The predicted octanol–water partition coefficient (Wildman–Crippen LogP) is 2.71. The van der Waals surface area contributed by atoms with Crippen molar-refractivity contribution in [1.82, 2.24) is 10.3 Å². The molecule has 0 aromatic carbocycles. The van der Waals surface area contributed by atoms with Crippen molar-refractivity contribution in [3.8, 4) is 0 Å². The van der Waals surface area contributed by atoms with Gasteiger partial charge in [-0.15, -0.1) is 11.3 Å². The van der Waals surface area contributed by atoms with Gasteiger partial charge in [-0.1, -0.05) is 6.92 Å². The number of anilines is 1. The maximum atomic E-state index is 5.89. The molecule has 2 aliphatic rings. The highest BCUT2D eigenvalue weighted by Crippen LogP contribution is 2.35. The molecule has 112 valence electrons. The number of nitrogens with one attached hydrogen (secondary N) is 1. The molecule has 20 heavy (non-hydrogen) atoms. The number of aryl methyl sites for hydroxylation is 1. The minimum Gasteiger partial charge on any atom is -0.374 e. The lowest BCUT2D eigenvalue weighted by Crippen LogP contribution is -2.48. The summed E-state index contributed by atoms with van der Waals surface area (Å²) in [6.45, 7) is 8.21. The van der Waals surface area contributed by atoms with Crippen LogP contribution in [0.5, 0.6) is 0 Å². The summed E-state index contributed by atoms with van der Waals surface area (Å²) in [6.07, 6.45) is 5.39. The maximum Gasteiger partial charge on any atom is 0.186 e. The van der Waals surface area contributed by atoms with Crippen LogP contribution in [-0.4, -0.2) is 36.8 Å². The quantitative estimate of drug-likeness (QED) is 0.848. The first-order valence-electron chi connectivity index (χ1n) is 7.85. The summed E-state index contributed by atoms with van der Waals surface area (Å²) < 4.78 is 5.89. The van der Waals surface area contributed by atoms with Crippen molar-refractivity contribution in [3.05, 3.63) is 10.6 Å². The van der Waals surface area contributed by atoms with E-state index in [-0.39, 0.29) is 0 Å². The maximum absolute atomic E-state index is 5.89. The summed E-state index contributed by atoms with van der Waals surface area (Å²) in [5.74, 6) is 0. The lowest BCUT2D eigenvalue weighted by molar-refractivity contribution is 0.0256. The summed E-state index contributed by atoms with van der Waals surface area (Å²) in [5.41, 5.74) is 1.19. The Hall–Kier alpha value is -0.650. The number of hydrogen-bond donors (Lipinski definition) is 1. The number of hydrogen-bond acceptors (Lipinski definition) is 5. The normalized spacial score (nSPS) is 26.0. The van der Waals surface area contributed by atoms with Crippen molar-refractivity contribution in [2.24, 2.45) is 0 Å². The molecule has 1 aromatic heterocycles. The molecular weight excluding hydrogens is 270 g/mol. The molecule has 1 saturated carbocycles. The van der Waals surface area contributed by atoms with Gasteiger partial charge in [0.25, 0.3) is 0 Å². The van der Waals surface area contributed by atoms with Gasteiger partial charge in [0.2, 0.25) is 0 Å². The van der Waals surface area contributed by atoms with E-state index in [0.29, 0.717) is 12.1 Å². The second-order valence-electron chi connectivity index (χ2n) is 5.78. The lowest BCUT2D eigenvalue weighted by Gasteiger charge is -2.37. The van der Waals surface area contributed by atoms with Crippen LogP contribution in [0.2, 0.25) is 0 Å². The van der Waals surface area contributed by atoms with Gasteiger partial charge in [0, 0.05) is 18.0 Å². The first-order chi connectivity index (χ1) is 9.79. The molecule has 0 spiro atoms. The van der Waals surface area contributed by atoms with Crippen molar-refractivity contribution in [2.45, 2.75) is 58.2 Å². The monoisotopic (exact) mass is 295 g/mol. The van der Waals surface area contributed by atoms with Crippen LogP contribution in [0.1, 0.15) is 43.2 Å². The molecule has 0 amide bonds. The van der Waals surface area contributed by atoms with Crippen LogP contribution in [-0.2, 0) is 11.3 Å². The summed E-state index contributed by atoms with van der Waals surface area (Å²) >= 11 is 1.86. The van der Waals surface area contributed by atoms with Crippen LogP contribution in [0, 0.1) is 6.92 Å². The fourth-order valence-electron chi connectivity index (χ4n) is 3.24. The predicted molar refractivity (Wildman–Crippen MR) is 83.6 cm³/mol. The molecule has 5 heteroatoms. The molecule has 2 heterocycles. The largest absolute Gasteiger partial charge is 0.374 e. The molecule has 2 unspecified atom stereocenters. The zero-order valence-electron chi connectivity index (χ0n) is 12.5. The van der Waals surface area contributed by atoms with E-state index < -0.39 is 0 Å². The molecule has 1 saturated heterocycles. The fourth-order valence-corrected chi connectivity index (χ4v) is 4.36. The number of rotatable bonds is 5. The Morgan fingerprint density at radius 2 is 2.35 bits per heavy atom. The highest BCUT2D eigenvalue weighted by atomic mass is 32.1. The number of thiazole rings is 1. The van der Waals surface area contributed by atoms with E-state index in [1.165, 1.54) is 41.4 Å². The van der Waals surface area contributed by atoms with Crippen LogP contribution in [0.4, 0.5) is 5.13 Å². The van der Waals surface area contributed by atoms with Crippen LogP contribution >= 0.6 is 11.3 Å². The molecule has 4 nitrogen and oxygen atoms in total. The zero-order valence-corrected chi connectivity index (χ0v) is 13.3. The highest BCUT2D eigenvalue weighted by molar-refractivity contribution is 7.15. The minimum absolute atomic E-state index is 0.439. The Morgan fingerprint density at radius 3 is 3.20 bits per heavy atom. The number of aromatic nitrogens is 1. The first kappa shape index (κ1) is 14.3. The van der Waals surface area contributed by atoms with Crippen LogP contribution < -0.4 is 10.2 Å². The van der Waals surface area contributed by atoms with Gasteiger partial charge in [-0.2, -0.15) is 0 Å². The zero-order chi connectivity index (χ0) is 13.9. The summed E-state index contributed by atoms with van der Waals surface area (Å²) in [6, 6.07) is 0.561. The second kappa shape index (κ2) is 6.41. The third-order valence-electron chi connectivity index (χ3n) is 4.32. The SMILES string of the molecule is CCCNCc1sc(N2CCOC3CCCC32)nc1C. The standard InChI is InChI=1S/C15H25N3OS/c1-3-7-16-10-14-11(2)17-15(20-14)18-8-9-19-13-6-4-5-12(13)18/h12-13,16H,3-10H2,1-2H3. The Kier molecular flexibility index (Phi) is 4.58. The van der Waals surface area contributed by atoms with Crippen LogP contribution in [0.3, 0.4) is 0 Å². The molecule has 0 radical (unpaired) electrons. The van der Waals surface area contributed by atoms with Gasteiger partial charge in [0.05, 0.1) is 24.4 Å². The van der Waals surface area contributed by atoms with E-state index >= 15 is 0 Å². The molecule has 1 aliphatic carbocycles. The topological polar surface area (TPSA) is 37.4 Å². The summed E-state index contributed by atoms with van der Waals surface area (Å²) in [5, 5.41) is 4.69. The van der Waals surface area contributed by atoms with E-state index in [0.717, 1.165) is 26.2 Å². The van der Waals surface area contributed by atoms with E-state index in [1.807, 2.05) is 11.3 Å². The molecule has 1 aliphatic heterocycles. The van der Waals surface area contributed by atoms with Gasteiger partial charge in [0.1, 0.15) is 0 Å². The van der Waals surface area contributed by atoms with Crippen molar-refractivity contribution in [1.29, 1.82) is 0 Å². The van der Waals surface area contributed by atoms with Crippen molar-refractivity contribution < 1.29 is 4.74 Å². The Labute approximate surface area is 125 Å². The van der Waals surface area contributed by atoms with Crippen LogP contribution in [0.15, 0.2) is 0 Å². The minimum atomic E-state index is 0.439. The van der Waals surface area contributed by atoms with Gasteiger partial charge in [0.15, 0.2) is 5.13 Å². The average Bonchev–Trinajstić information content (AvgIpc) is 3.06. The molecule has 1 N–H and O–H groups in total. The summed E-state index contributed by atoms with van der Waals surface area (Å²) in [7, 11) is 0. The van der Waals surface area contributed by atoms with Crippen molar-refractivity contribution in [2.75, 3.05) is 24.6 Å². The molecule has 2 fully saturated rings. The van der Waals surface area contributed by atoms with Crippen molar-refractivity contribution >= 4 is 16.5 Å². The van der Waals surface area contributed by atoms with E-state index in [9.17, 15) is 0 Å². The average molecular weight is 295 g/mol. The first-order valence-corrected chi connectivity index (χ1v) is 8.66. The Bertz CT molecular complexity index is 448. The van der Waals surface area contributed by atoms with Gasteiger partial charge in [-0.05, 0) is 39.2 Å². The highest BCUT2D eigenvalue weighted by Gasteiger charge is 2.37. The fraction of sp³-hybridized carbons (Fsp3) is 0.800. The molecular formula is C15H25N3OS. The second-order valence-corrected chi connectivity index (χ2v) is 6.84. The Balaban J connectivity index is 1.71. The number of morpholine rings is 1. The molecule has 1 aromatic rings. The van der Waals surface area contributed by atoms with Crippen molar-refractivity contribution in [3.63, 3.8) is 0 Å². The van der Waals surface area contributed by atoms with E-state index in [4.69, 9.17) is 9.72 Å². The molecule has 2 atom stereocenters. The smallest absolute Gasteiger partial charge is 0.186 e. The van der Waals surface area contributed by atoms with E-state index in [1.54, 1.807) is 0 Å². The van der Waals surface area contributed by atoms with Gasteiger partial charge in [-0.25, -0.2) is 4.98 Å². The number of nitrogens with zero attached hydrogens (tertiary/aromatic N) is 2. The van der Waals surface area contributed by atoms with Crippen LogP contribution in [0.25, 0.3) is 0 Å². The molecule has 0 bridgehead atoms. The van der Waals surface area contributed by atoms with Gasteiger partial charge >= 0.3 is 0 Å². The Morgan fingerprint density at radius 1 is 1.45 bits per heavy atom.